The van der Waals surface area contributed by atoms with E-state index in [-0.39, 0.29) is 0 Å². The number of nitrogens with zero attached hydrogens (tertiary/aromatic N) is 1. The lowest BCUT2D eigenvalue weighted by Gasteiger charge is -2.04. The molecule has 0 fully saturated rings. The highest BCUT2D eigenvalue weighted by Gasteiger charge is 2.09. The highest BCUT2D eigenvalue weighted by Crippen LogP contribution is 2.23. The highest BCUT2D eigenvalue weighted by atomic mass is 16.4. The van der Waals surface area contributed by atoms with Gasteiger partial charge in [0.1, 0.15) is 0 Å². The van der Waals surface area contributed by atoms with E-state index in [1.54, 1.807) is 36.4 Å². The third-order valence-electron chi connectivity index (χ3n) is 2.52. The van der Waals surface area contributed by atoms with Crippen LogP contribution in [0.5, 0.6) is 0 Å². The normalized spacial score (nSPS) is 9.71. The van der Waals surface area contributed by atoms with Crippen LogP contribution in [0.1, 0.15) is 0 Å². The van der Waals surface area contributed by atoms with Gasteiger partial charge in [-0.1, -0.05) is 42.5 Å². The molecule has 2 aromatic rings. The Morgan fingerprint density at radius 2 is 1.65 bits per heavy atom. The molecule has 0 heterocycles. The number of hydrogen-bond acceptors (Lipinski definition) is 2. The molecule has 0 spiro atoms. The largest absolute Gasteiger partial charge is 0.488 e. The monoisotopic (exact) mass is 223 g/mol. The van der Waals surface area contributed by atoms with E-state index in [4.69, 9.17) is 16.6 Å². The third kappa shape index (κ3) is 2.54. The zero-order valence-electron chi connectivity index (χ0n) is 9.04. The van der Waals surface area contributed by atoms with E-state index < -0.39 is 7.12 Å². The highest BCUT2D eigenvalue weighted by molar-refractivity contribution is 6.58. The molecule has 0 saturated carbocycles. The number of rotatable bonds is 2. The van der Waals surface area contributed by atoms with Crippen molar-refractivity contribution < 1.29 is 10.0 Å². The molecule has 0 aliphatic heterocycles. The molecule has 0 aliphatic rings. The van der Waals surface area contributed by atoms with Crippen LogP contribution < -0.4 is 5.46 Å². The van der Waals surface area contributed by atoms with Crippen molar-refractivity contribution >= 4 is 18.3 Å². The summed E-state index contributed by atoms with van der Waals surface area (Å²) in [6.07, 6.45) is 0. The summed E-state index contributed by atoms with van der Waals surface area (Å²) >= 11 is 0. The van der Waals surface area contributed by atoms with Gasteiger partial charge in [0.15, 0.2) is 5.69 Å². The molecule has 17 heavy (non-hydrogen) atoms. The van der Waals surface area contributed by atoms with Gasteiger partial charge in [0.05, 0.1) is 6.57 Å². The first-order valence-corrected chi connectivity index (χ1v) is 5.15. The van der Waals surface area contributed by atoms with Gasteiger partial charge in [-0.2, -0.15) is 0 Å². The summed E-state index contributed by atoms with van der Waals surface area (Å²) in [5.41, 5.74) is 2.93. The Labute approximate surface area is 99.9 Å². The average Bonchev–Trinajstić information content (AvgIpc) is 2.39. The Bertz CT molecular complexity index is 558. The van der Waals surface area contributed by atoms with Crippen LogP contribution in [0, 0.1) is 6.57 Å². The van der Waals surface area contributed by atoms with Gasteiger partial charge in [-0.05, 0) is 22.7 Å². The molecule has 4 heteroatoms. The molecule has 0 aromatic heterocycles. The summed E-state index contributed by atoms with van der Waals surface area (Å²) in [4.78, 5) is 3.37. The molecule has 2 rings (SSSR count). The Hall–Kier alpha value is -2.09. The molecule has 0 radical (unpaired) electrons. The van der Waals surface area contributed by atoms with Gasteiger partial charge < -0.3 is 10.0 Å². The molecule has 2 N–H and O–H groups in total. The second-order valence-electron chi connectivity index (χ2n) is 3.66. The summed E-state index contributed by atoms with van der Waals surface area (Å²) < 4.78 is 0. The van der Waals surface area contributed by atoms with E-state index in [0.717, 1.165) is 11.1 Å². The molecule has 0 amide bonds. The average molecular weight is 223 g/mol. The second kappa shape index (κ2) is 4.83. The van der Waals surface area contributed by atoms with E-state index in [1.165, 1.54) is 0 Å². The van der Waals surface area contributed by atoms with Crippen molar-refractivity contribution in [2.24, 2.45) is 0 Å². The van der Waals surface area contributed by atoms with Crippen molar-refractivity contribution in [3.8, 4) is 11.1 Å². The second-order valence-corrected chi connectivity index (χ2v) is 3.66. The van der Waals surface area contributed by atoms with E-state index in [9.17, 15) is 0 Å². The smallest absolute Gasteiger partial charge is 0.423 e. The summed E-state index contributed by atoms with van der Waals surface area (Å²) in [5, 5.41) is 18.0. The molecule has 0 atom stereocenters. The first-order valence-electron chi connectivity index (χ1n) is 5.15. The zero-order valence-corrected chi connectivity index (χ0v) is 9.04. The van der Waals surface area contributed by atoms with Gasteiger partial charge >= 0.3 is 7.12 Å². The topological polar surface area (TPSA) is 44.8 Å². The van der Waals surface area contributed by atoms with E-state index in [1.807, 2.05) is 12.1 Å². The van der Waals surface area contributed by atoms with Gasteiger partial charge in [-0.15, -0.1) is 0 Å². The molecule has 0 unspecified atom stereocenters. The first-order chi connectivity index (χ1) is 8.20. The lowest BCUT2D eigenvalue weighted by Crippen LogP contribution is -2.29. The Morgan fingerprint density at radius 3 is 2.24 bits per heavy atom. The van der Waals surface area contributed by atoms with Crippen LogP contribution in [0.25, 0.3) is 16.0 Å². The van der Waals surface area contributed by atoms with E-state index in [0.29, 0.717) is 11.2 Å². The zero-order chi connectivity index (χ0) is 12.3. The Morgan fingerprint density at radius 1 is 0.941 bits per heavy atom. The minimum absolute atomic E-state index is 0.454. The van der Waals surface area contributed by atoms with Gasteiger partial charge in [0.2, 0.25) is 0 Å². The van der Waals surface area contributed by atoms with Crippen LogP contribution in [-0.4, -0.2) is 17.2 Å². The third-order valence-corrected chi connectivity index (χ3v) is 2.52. The fourth-order valence-corrected chi connectivity index (χ4v) is 1.60. The maximum Gasteiger partial charge on any atom is 0.488 e. The molecule has 3 nitrogen and oxygen atoms in total. The molecule has 82 valence electrons. The standard InChI is InChI=1S/C13H10BNO2/c1-15-13-4-2-3-11(9-13)10-5-7-12(8-6-10)14(16)17/h2-9,16-17H. The van der Waals surface area contributed by atoms with Crippen LogP contribution in [0.3, 0.4) is 0 Å². The molecule has 0 bridgehead atoms. The fourth-order valence-electron chi connectivity index (χ4n) is 1.60. The van der Waals surface area contributed by atoms with Crippen molar-refractivity contribution in [1.29, 1.82) is 0 Å². The predicted octanol–water partition coefficient (Wildman–Crippen LogP) is 1.58. The van der Waals surface area contributed by atoms with Crippen molar-refractivity contribution in [1.82, 2.24) is 0 Å². The van der Waals surface area contributed by atoms with Crippen LogP contribution in [-0.2, 0) is 0 Å². The summed E-state index contributed by atoms with van der Waals surface area (Å²) in [7, 11) is -1.45. The molecule has 0 saturated heterocycles. The van der Waals surface area contributed by atoms with Crippen molar-refractivity contribution in [2.75, 3.05) is 0 Å². The molecule has 2 aromatic carbocycles. The minimum Gasteiger partial charge on any atom is -0.423 e. The lowest BCUT2D eigenvalue weighted by atomic mass is 9.80. The van der Waals surface area contributed by atoms with Gasteiger partial charge in [0.25, 0.3) is 0 Å². The maximum atomic E-state index is 8.98. The summed E-state index contributed by atoms with van der Waals surface area (Å²) in [6.45, 7) is 6.95. The predicted molar refractivity (Wildman–Crippen MR) is 68.0 cm³/mol. The van der Waals surface area contributed by atoms with Crippen molar-refractivity contribution in [3.05, 3.63) is 59.9 Å². The Balaban J connectivity index is 2.37. The van der Waals surface area contributed by atoms with Crippen molar-refractivity contribution in [3.63, 3.8) is 0 Å². The van der Waals surface area contributed by atoms with Gasteiger partial charge in [-0.3, -0.25) is 0 Å². The van der Waals surface area contributed by atoms with E-state index in [2.05, 4.69) is 4.85 Å². The number of hydrogen-bond donors (Lipinski definition) is 2. The molecular formula is C13H10BNO2. The van der Waals surface area contributed by atoms with E-state index >= 15 is 0 Å². The lowest BCUT2D eigenvalue weighted by molar-refractivity contribution is 0.426. The SMILES string of the molecule is [C-]#[N+]c1cccc(-c2ccc(B(O)O)cc2)c1. The van der Waals surface area contributed by atoms with Crippen LogP contribution in [0.4, 0.5) is 5.69 Å². The Kier molecular flexibility index (Phi) is 3.24. The van der Waals surface area contributed by atoms with Crippen LogP contribution in [0.15, 0.2) is 48.5 Å². The fraction of sp³-hybridized carbons (Fsp3) is 0. The van der Waals surface area contributed by atoms with Crippen molar-refractivity contribution in [2.45, 2.75) is 0 Å². The van der Waals surface area contributed by atoms with Gasteiger partial charge in [-0.25, -0.2) is 4.85 Å². The van der Waals surface area contributed by atoms with Gasteiger partial charge in [0, 0.05) is 0 Å². The summed E-state index contributed by atoms with van der Waals surface area (Å²) in [5.74, 6) is 0. The molecular weight excluding hydrogens is 213 g/mol. The van der Waals surface area contributed by atoms with Crippen LogP contribution >= 0.6 is 0 Å². The quantitative estimate of drug-likeness (QED) is 0.599. The first kappa shape index (κ1) is 11.4. The maximum absolute atomic E-state index is 8.98. The summed E-state index contributed by atoms with van der Waals surface area (Å²) in [6, 6.07) is 14.2. The minimum atomic E-state index is -1.45. The van der Waals surface area contributed by atoms with Crippen LogP contribution in [0.2, 0.25) is 0 Å². The molecule has 0 aliphatic carbocycles. The number of benzene rings is 2.